The van der Waals surface area contributed by atoms with Gasteiger partial charge < -0.3 is 9.88 Å². The van der Waals surface area contributed by atoms with E-state index in [0.29, 0.717) is 21.2 Å². The number of likely N-dealkylation sites (tertiary alicyclic amines) is 1. The lowest BCUT2D eigenvalue weighted by molar-refractivity contribution is 0.0736. The standard InChI is InChI=1S/C20H19N3O2S/c1-22-19(25)15-10-9-14(12-16(15)21-20(22)26)18(24)23-11-5-8-17(23)13-6-3-2-4-7-13/h2-4,6-7,9-10,12,17H,5,8,11H2,1H3,(H,21,26)/t17-/m0/s1. The van der Waals surface area contributed by atoms with Crippen molar-refractivity contribution in [3.05, 3.63) is 74.8 Å². The summed E-state index contributed by atoms with van der Waals surface area (Å²) in [4.78, 5) is 30.4. The Labute approximate surface area is 155 Å². The molecule has 1 aliphatic rings. The second kappa shape index (κ2) is 6.53. The number of fused-ring (bicyclic) bond motifs is 1. The Morgan fingerprint density at radius 3 is 2.73 bits per heavy atom. The minimum Gasteiger partial charge on any atom is -0.332 e. The molecule has 0 spiro atoms. The quantitative estimate of drug-likeness (QED) is 0.706. The van der Waals surface area contributed by atoms with Gasteiger partial charge in [-0.2, -0.15) is 0 Å². The number of amides is 1. The number of aromatic amines is 1. The van der Waals surface area contributed by atoms with Crippen molar-refractivity contribution >= 4 is 29.0 Å². The van der Waals surface area contributed by atoms with Crippen LogP contribution in [0.4, 0.5) is 0 Å². The molecule has 1 fully saturated rings. The van der Waals surface area contributed by atoms with E-state index in [9.17, 15) is 9.59 Å². The number of H-pyrrole nitrogens is 1. The number of aromatic nitrogens is 2. The van der Waals surface area contributed by atoms with Crippen LogP contribution >= 0.6 is 12.2 Å². The molecule has 132 valence electrons. The molecule has 2 heterocycles. The van der Waals surface area contributed by atoms with Gasteiger partial charge in [-0.1, -0.05) is 30.3 Å². The Kier molecular flexibility index (Phi) is 4.20. The Morgan fingerprint density at radius 1 is 1.19 bits per heavy atom. The molecule has 2 aromatic carbocycles. The lowest BCUT2D eigenvalue weighted by atomic mass is 10.0. The van der Waals surface area contributed by atoms with Crippen LogP contribution < -0.4 is 5.56 Å². The lowest BCUT2D eigenvalue weighted by Gasteiger charge is -2.25. The molecule has 0 radical (unpaired) electrons. The summed E-state index contributed by atoms with van der Waals surface area (Å²) in [5, 5.41) is 0.527. The number of carbonyl (C=O) groups excluding carboxylic acids is 1. The fourth-order valence-corrected chi connectivity index (χ4v) is 3.83. The molecule has 0 bridgehead atoms. The van der Waals surface area contributed by atoms with E-state index in [2.05, 4.69) is 17.1 Å². The van der Waals surface area contributed by atoms with E-state index in [1.165, 1.54) is 4.57 Å². The minimum atomic E-state index is -0.161. The van der Waals surface area contributed by atoms with E-state index < -0.39 is 0 Å². The van der Waals surface area contributed by atoms with Crippen molar-refractivity contribution in [1.29, 1.82) is 0 Å². The molecule has 1 aromatic heterocycles. The number of nitrogens with zero attached hydrogens (tertiary/aromatic N) is 2. The molecule has 1 N–H and O–H groups in total. The molecular weight excluding hydrogens is 346 g/mol. The molecule has 6 heteroatoms. The van der Waals surface area contributed by atoms with Gasteiger partial charge in [0, 0.05) is 19.2 Å². The molecule has 1 aliphatic heterocycles. The summed E-state index contributed by atoms with van der Waals surface area (Å²) in [7, 11) is 1.63. The molecule has 4 rings (SSSR count). The van der Waals surface area contributed by atoms with E-state index >= 15 is 0 Å². The van der Waals surface area contributed by atoms with E-state index in [1.807, 2.05) is 23.1 Å². The second-order valence-corrected chi connectivity index (χ2v) is 7.01. The smallest absolute Gasteiger partial charge is 0.261 e. The van der Waals surface area contributed by atoms with Crippen LogP contribution in [0.25, 0.3) is 10.9 Å². The lowest BCUT2D eigenvalue weighted by Crippen LogP contribution is -2.30. The summed E-state index contributed by atoms with van der Waals surface area (Å²) in [6, 6.07) is 15.4. The largest absolute Gasteiger partial charge is 0.332 e. The maximum absolute atomic E-state index is 13.1. The number of hydrogen-bond donors (Lipinski definition) is 1. The first kappa shape index (κ1) is 16.7. The van der Waals surface area contributed by atoms with Crippen LogP contribution in [-0.4, -0.2) is 26.9 Å². The Balaban J connectivity index is 1.73. The molecule has 0 unspecified atom stereocenters. The van der Waals surface area contributed by atoms with Crippen molar-refractivity contribution in [2.75, 3.05) is 6.54 Å². The second-order valence-electron chi connectivity index (χ2n) is 6.62. The normalized spacial score (nSPS) is 17.0. The first-order valence-corrected chi connectivity index (χ1v) is 9.06. The van der Waals surface area contributed by atoms with Crippen LogP contribution in [0.3, 0.4) is 0 Å². The average Bonchev–Trinajstić information content (AvgIpc) is 3.15. The number of nitrogens with one attached hydrogen (secondary N) is 1. The molecule has 0 saturated carbocycles. The number of benzene rings is 2. The van der Waals surface area contributed by atoms with Crippen molar-refractivity contribution in [2.45, 2.75) is 18.9 Å². The van der Waals surface area contributed by atoms with Crippen molar-refractivity contribution in [2.24, 2.45) is 7.05 Å². The van der Waals surface area contributed by atoms with Crippen molar-refractivity contribution in [3.8, 4) is 0 Å². The molecule has 1 amide bonds. The zero-order valence-electron chi connectivity index (χ0n) is 14.4. The van der Waals surface area contributed by atoms with Gasteiger partial charge in [0.1, 0.15) is 0 Å². The highest BCUT2D eigenvalue weighted by molar-refractivity contribution is 7.71. The van der Waals surface area contributed by atoms with Crippen LogP contribution in [-0.2, 0) is 7.05 Å². The predicted molar refractivity (Wildman–Crippen MR) is 104 cm³/mol. The molecule has 26 heavy (non-hydrogen) atoms. The third-order valence-electron chi connectivity index (χ3n) is 5.05. The maximum Gasteiger partial charge on any atom is 0.261 e. The zero-order valence-corrected chi connectivity index (χ0v) is 15.3. The van der Waals surface area contributed by atoms with Gasteiger partial charge in [-0.25, -0.2) is 0 Å². The summed E-state index contributed by atoms with van der Waals surface area (Å²) in [6.45, 7) is 0.739. The summed E-state index contributed by atoms with van der Waals surface area (Å²) in [5.41, 5.74) is 2.16. The van der Waals surface area contributed by atoms with Crippen LogP contribution in [0.2, 0.25) is 0 Å². The van der Waals surface area contributed by atoms with Crippen molar-refractivity contribution < 1.29 is 4.79 Å². The highest BCUT2D eigenvalue weighted by Crippen LogP contribution is 2.33. The summed E-state index contributed by atoms with van der Waals surface area (Å²) in [5.74, 6) is -0.0155. The maximum atomic E-state index is 13.1. The number of hydrogen-bond acceptors (Lipinski definition) is 3. The first-order valence-electron chi connectivity index (χ1n) is 8.65. The van der Waals surface area contributed by atoms with Crippen molar-refractivity contribution in [3.63, 3.8) is 0 Å². The third-order valence-corrected chi connectivity index (χ3v) is 5.42. The zero-order chi connectivity index (χ0) is 18.3. The van der Waals surface area contributed by atoms with Gasteiger partial charge >= 0.3 is 0 Å². The van der Waals surface area contributed by atoms with Crippen LogP contribution in [0.5, 0.6) is 0 Å². The van der Waals surface area contributed by atoms with Crippen molar-refractivity contribution in [1.82, 2.24) is 14.5 Å². The molecule has 1 atom stereocenters. The Morgan fingerprint density at radius 2 is 1.96 bits per heavy atom. The topological polar surface area (TPSA) is 58.1 Å². The van der Waals surface area contributed by atoms with Gasteiger partial charge in [-0.05, 0) is 48.8 Å². The van der Waals surface area contributed by atoms with Gasteiger partial charge in [-0.3, -0.25) is 14.2 Å². The third kappa shape index (κ3) is 2.76. The summed E-state index contributed by atoms with van der Waals surface area (Å²) >= 11 is 5.18. The molecule has 3 aromatic rings. The average molecular weight is 365 g/mol. The highest BCUT2D eigenvalue weighted by atomic mass is 32.1. The SMILES string of the molecule is Cn1c(=S)[nH]c2cc(C(=O)N3CCC[C@H]3c3ccccc3)ccc2c1=O. The van der Waals surface area contributed by atoms with Crippen LogP contribution in [0, 0.1) is 4.77 Å². The summed E-state index contributed by atoms with van der Waals surface area (Å²) < 4.78 is 1.74. The van der Waals surface area contributed by atoms with E-state index in [-0.39, 0.29) is 17.5 Å². The Hall–Kier alpha value is -2.73. The monoisotopic (exact) mass is 365 g/mol. The predicted octanol–water partition coefficient (Wildman–Crippen LogP) is 3.57. The van der Waals surface area contributed by atoms with Gasteiger partial charge in [0.25, 0.3) is 11.5 Å². The van der Waals surface area contributed by atoms with Gasteiger partial charge in [-0.15, -0.1) is 0 Å². The van der Waals surface area contributed by atoms with Crippen LogP contribution in [0.15, 0.2) is 53.3 Å². The van der Waals surface area contributed by atoms with E-state index in [0.717, 1.165) is 24.9 Å². The first-order chi connectivity index (χ1) is 12.6. The van der Waals surface area contributed by atoms with E-state index in [1.54, 1.807) is 25.2 Å². The molecular formula is C20H19N3O2S. The van der Waals surface area contributed by atoms with Gasteiger partial charge in [0.15, 0.2) is 4.77 Å². The van der Waals surface area contributed by atoms with Gasteiger partial charge in [0.05, 0.1) is 16.9 Å². The summed E-state index contributed by atoms with van der Waals surface area (Å²) in [6.07, 6.45) is 1.95. The molecule has 5 nitrogen and oxygen atoms in total. The number of rotatable bonds is 2. The number of carbonyl (C=O) groups is 1. The minimum absolute atomic E-state index is 0.0155. The van der Waals surface area contributed by atoms with E-state index in [4.69, 9.17) is 12.2 Å². The van der Waals surface area contributed by atoms with Gasteiger partial charge in [0.2, 0.25) is 0 Å². The fraction of sp³-hybridized carbons (Fsp3) is 0.250. The molecule has 0 aliphatic carbocycles. The molecule has 1 saturated heterocycles. The fourth-order valence-electron chi connectivity index (χ4n) is 3.64. The van der Waals surface area contributed by atoms with Crippen LogP contribution in [0.1, 0.15) is 34.8 Å². The Bertz CT molecular complexity index is 1100. The highest BCUT2D eigenvalue weighted by Gasteiger charge is 2.30.